The van der Waals surface area contributed by atoms with Crippen molar-refractivity contribution in [3.05, 3.63) is 0 Å². The van der Waals surface area contributed by atoms with Crippen LogP contribution in [-0.2, 0) is 14.4 Å². The summed E-state index contributed by atoms with van der Waals surface area (Å²) in [4.78, 5) is 35.7. The van der Waals surface area contributed by atoms with E-state index in [-0.39, 0.29) is 18.2 Å². The van der Waals surface area contributed by atoms with Crippen LogP contribution in [0.4, 0.5) is 0 Å². The zero-order valence-corrected chi connectivity index (χ0v) is 10.8. The first kappa shape index (κ1) is 14.5. The first-order chi connectivity index (χ1) is 8.47. The van der Waals surface area contributed by atoms with E-state index in [1.165, 1.54) is 4.90 Å². The largest absolute Gasteiger partial charge is 0.481 e. The Morgan fingerprint density at radius 1 is 1.28 bits per heavy atom. The summed E-state index contributed by atoms with van der Waals surface area (Å²) in [7, 11) is 3.16. The second kappa shape index (κ2) is 6.37. The molecule has 2 amide bonds. The zero-order chi connectivity index (χ0) is 13.7. The average molecular weight is 256 g/mol. The van der Waals surface area contributed by atoms with Crippen LogP contribution in [0.3, 0.4) is 0 Å². The SMILES string of the molecule is CNC(=O)CCN(C)C(=O)[C@@H]1CCC[C@@H]1C(=O)O. The molecule has 0 heterocycles. The molecule has 0 radical (unpaired) electrons. The van der Waals surface area contributed by atoms with Crippen LogP contribution in [0.1, 0.15) is 25.7 Å². The second-order valence-corrected chi connectivity index (χ2v) is 4.67. The molecule has 0 bridgehead atoms. The van der Waals surface area contributed by atoms with Crippen molar-refractivity contribution in [2.75, 3.05) is 20.6 Å². The minimum Gasteiger partial charge on any atom is -0.481 e. The van der Waals surface area contributed by atoms with Crippen LogP contribution < -0.4 is 5.32 Å². The van der Waals surface area contributed by atoms with Gasteiger partial charge in [-0.25, -0.2) is 0 Å². The molecule has 2 atom stereocenters. The lowest BCUT2D eigenvalue weighted by atomic mass is 9.95. The predicted molar refractivity (Wildman–Crippen MR) is 64.8 cm³/mol. The third kappa shape index (κ3) is 3.45. The van der Waals surface area contributed by atoms with Crippen molar-refractivity contribution in [1.29, 1.82) is 0 Å². The number of nitrogens with one attached hydrogen (secondary N) is 1. The summed E-state index contributed by atoms with van der Waals surface area (Å²) in [6, 6.07) is 0. The Labute approximate surface area is 106 Å². The average Bonchev–Trinajstić information content (AvgIpc) is 2.83. The molecule has 102 valence electrons. The van der Waals surface area contributed by atoms with Gasteiger partial charge in [0.2, 0.25) is 11.8 Å². The number of nitrogens with zero attached hydrogens (tertiary/aromatic N) is 1. The van der Waals surface area contributed by atoms with Gasteiger partial charge in [-0.1, -0.05) is 6.42 Å². The first-order valence-electron chi connectivity index (χ1n) is 6.15. The molecule has 1 saturated carbocycles. The van der Waals surface area contributed by atoms with Crippen molar-refractivity contribution in [1.82, 2.24) is 10.2 Å². The van der Waals surface area contributed by atoms with Gasteiger partial charge >= 0.3 is 5.97 Å². The molecular formula is C12H20N2O4. The lowest BCUT2D eigenvalue weighted by molar-refractivity contribution is -0.148. The highest BCUT2D eigenvalue weighted by Gasteiger charge is 2.38. The van der Waals surface area contributed by atoms with Gasteiger partial charge in [0.1, 0.15) is 0 Å². The molecule has 0 saturated heterocycles. The second-order valence-electron chi connectivity index (χ2n) is 4.67. The molecule has 0 aromatic heterocycles. The lowest BCUT2D eigenvalue weighted by Crippen LogP contribution is -2.38. The van der Waals surface area contributed by atoms with Crippen LogP contribution in [0.5, 0.6) is 0 Å². The number of carboxylic acid groups (broad SMARTS) is 1. The van der Waals surface area contributed by atoms with Crippen molar-refractivity contribution in [2.24, 2.45) is 11.8 Å². The monoisotopic (exact) mass is 256 g/mol. The summed E-state index contributed by atoms with van der Waals surface area (Å²) in [6.45, 7) is 0.321. The molecule has 6 heteroatoms. The Morgan fingerprint density at radius 2 is 1.89 bits per heavy atom. The van der Waals surface area contributed by atoms with E-state index in [1.54, 1.807) is 14.1 Å². The van der Waals surface area contributed by atoms with Crippen molar-refractivity contribution in [2.45, 2.75) is 25.7 Å². The van der Waals surface area contributed by atoms with Crippen molar-refractivity contribution >= 4 is 17.8 Å². The molecule has 2 N–H and O–H groups in total. The van der Waals surface area contributed by atoms with E-state index in [4.69, 9.17) is 5.11 Å². The van der Waals surface area contributed by atoms with E-state index in [0.29, 0.717) is 19.4 Å². The van der Waals surface area contributed by atoms with E-state index >= 15 is 0 Å². The van der Waals surface area contributed by atoms with Gasteiger partial charge in [0.05, 0.1) is 11.8 Å². The van der Waals surface area contributed by atoms with Gasteiger partial charge in [-0.2, -0.15) is 0 Å². The van der Waals surface area contributed by atoms with Crippen molar-refractivity contribution in [3.63, 3.8) is 0 Å². The van der Waals surface area contributed by atoms with Crippen LogP contribution in [0.25, 0.3) is 0 Å². The van der Waals surface area contributed by atoms with Gasteiger partial charge in [-0.15, -0.1) is 0 Å². The molecule has 1 fully saturated rings. The molecule has 1 aliphatic carbocycles. The minimum absolute atomic E-state index is 0.129. The number of amides is 2. The van der Waals surface area contributed by atoms with Crippen molar-refractivity contribution < 1.29 is 19.5 Å². The molecule has 0 spiro atoms. The quantitative estimate of drug-likeness (QED) is 0.729. The van der Waals surface area contributed by atoms with Gasteiger partial charge < -0.3 is 15.3 Å². The minimum atomic E-state index is -0.898. The molecule has 1 aliphatic rings. The van der Waals surface area contributed by atoms with Gasteiger partial charge in [0, 0.05) is 27.1 Å². The van der Waals surface area contributed by atoms with Gasteiger partial charge in [0.25, 0.3) is 0 Å². The Hall–Kier alpha value is -1.59. The number of carboxylic acids is 1. The summed E-state index contributed by atoms with van der Waals surface area (Å²) < 4.78 is 0. The number of carbonyl (C=O) groups excluding carboxylic acids is 2. The standard InChI is InChI=1S/C12H20N2O4/c1-13-10(15)6-7-14(2)11(16)8-4-3-5-9(8)12(17)18/h8-9H,3-7H2,1-2H3,(H,13,15)(H,17,18)/t8-,9+/m1/s1. The molecular weight excluding hydrogens is 236 g/mol. The maximum absolute atomic E-state index is 12.1. The Balaban J connectivity index is 2.52. The van der Waals surface area contributed by atoms with Crippen LogP contribution in [0, 0.1) is 11.8 Å². The normalized spacial score (nSPS) is 22.6. The fraction of sp³-hybridized carbons (Fsp3) is 0.750. The summed E-state index contributed by atoms with van der Waals surface area (Å²) in [5.74, 6) is -2.19. The van der Waals surface area contributed by atoms with Crippen molar-refractivity contribution in [3.8, 4) is 0 Å². The van der Waals surface area contributed by atoms with Gasteiger partial charge in [0.15, 0.2) is 0 Å². The molecule has 0 aromatic rings. The fourth-order valence-electron chi connectivity index (χ4n) is 2.34. The molecule has 0 aliphatic heterocycles. The molecule has 6 nitrogen and oxygen atoms in total. The van der Waals surface area contributed by atoms with E-state index < -0.39 is 17.8 Å². The predicted octanol–water partition coefficient (Wildman–Crippen LogP) is 0.0818. The Bertz CT molecular complexity index is 343. The van der Waals surface area contributed by atoms with E-state index in [1.807, 2.05) is 0 Å². The van der Waals surface area contributed by atoms with Crippen LogP contribution in [-0.4, -0.2) is 48.4 Å². The third-order valence-corrected chi connectivity index (χ3v) is 3.48. The maximum Gasteiger partial charge on any atom is 0.307 e. The molecule has 18 heavy (non-hydrogen) atoms. The van der Waals surface area contributed by atoms with Crippen LogP contribution in [0.15, 0.2) is 0 Å². The number of carbonyl (C=O) groups is 3. The zero-order valence-electron chi connectivity index (χ0n) is 10.8. The van der Waals surface area contributed by atoms with E-state index in [0.717, 1.165) is 6.42 Å². The fourth-order valence-corrected chi connectivity index (χ4v) is 2.34. The molecule has 1 rings (SSSR count). The number of rotatable bonds is 5. The Kier molecular flexibility index (Phi) is 5.12. The topological polar surface area (TPSA) is 86.7 Å². The summed E-state index contributed by atoms with van der Waals surface area (Å²) >= 11 is 0. The summed E-state index contributed by atoms with van der Waals surface area (Å²) in [5, 5.41) is 11.5. The molecule has 0 aromatic carbocycles. The van der Waals surface area contributed by atoms with E-state index in [2.05, 4.69) is 5.32 Å². The Morgan fingerprint density at radius 3 is 2.44 bits per heavy atom. The summed E-state index contributed by atoms with van der Waals surface area (Å²) in [6.07, 6.45) is 2.20. The highest BCUT2D eigenvalue weighted by atomic mass is 16.4. The van der Waals surface area contributed by atoms with Crippen LogP contribution in [0.2, 0.25) is 0 Å². The number of hydrogen-bond donors (Lipinski definition) is 2. The highest BCUT2D eigenvalue weighted by Crippen LogP contribution is 2.33. The summed E-state index contributed by atoms with van der Waals surface area (Å²) in [5.41, 5.74) is 0. The number of aliphatic carboxylic acids is 1. The maximum atomic E-state index is 12.1. The number of hydrogen-bond acceptors (Lipinski definition) is 3. The molecule has 0 unspecified atom stereocenters. The van der Waals surface area contributed by atoms with E-state index in [9.17, 15) is 14.4 Å². The van der Waals surface area contributed by atoms with Gasteiger partial charge in [-0.05, 0) is 12.8 Å². The van der Waals surface area contributed by atoms with Gasteiger partial charge in [-0.3, -0.25) is 14.4 Å². The highest BCUT2D eigenvalue weighted by molar-refractivity contribution is 5.85. The van der Waals surface area contributed by atoms with Crippen LogP contribution >= 0.6 is 0 Å². The smallest absolute Gasteiger partial charge is 0.307 e. The lowest BCUT2D eigenvalue weighted by Gasteiger charge is -2.23. The first-order valence-corrected chi connectivity index (χ1v) is 6.15. The third-order valence-electron chi connectivity index (χ3n) is 3.48.